The van der Waals surface area contributed by atoms with Crippen LogP contribution in [0.2, 0.25) is 5.02 Å². The first kappa shape index (κ1) is 20.9. The Hall–Kier alpha value is -2.84. The third kappa shape index (κ3) is 6.33. The molecule has 152 valence electrons. The van der Waals surface area contributed by atoms with Crippen LogP contribution in [0, 0.1) is 6.92 Å². The van der Waals surface area contributed by atoms with Crippen molar-refractivity contribution in [2.45, 2.75) is 19.6 Å². The summed E-state index contributed by atoms with van der Waals surface area (Å²) in [4.78, 5) is 8.71. The molecule has 0 atom stereocenters. The van der Waals surface area contributed by atoms with E-state index in [1.165, 1.54) is 0 Å². The summed E-state index contributed by atoms with van der Waals surface area (Å²) in [5, 5.41) is 6.85. The minimum atomic E-state index is -3.53. The van der Waals surface area contributed by atoms with Crippen LogP contribution in [0.5, 0.6) is 0 Å². The number of benzene rings is 2. The largest absolute Gasteiger partial charge is 0.354 e. The highest BCUT2D eigenvalue weighted by atomic mass is 35.5. The van der Waals surface area contributed by atoms with Crippen LogP contribution in [0.25, 0.3) is 0 Å². The van der Waals surface area contributed by atoms with E-state index in [0.717, 1.165) is 17.9 Å². The fourth-order valence-electron chi connectivity index (χ4n) is 2.65. The molecule has 3 rings (SSSR count). The summed E-state index contributed by atoms with van der Waals surface area (Å²) in [5.41, 5.74) is 2.77. The van der Waals surface area contributed by atoms with Crippen molar-refractivity contribution < 1.29 is 8.42 Å². The number of hydrogen-bond donors (Lipinski definition) is 3. The lowest BCUT2D eigenvalue weighted by Crippen LogP contribution is -2.15. The van der Waals surface area contributed by atoms with Gasteiger partial charge in [0.1, 0.15) is 5.82 Å². The summed E-state index contributed by atoms with van der Waals surface area (Å²) in [6, 6.07) is 15.5. The van der Waals surface area contributed by atoms with Crippen molar-refractivity contribution in [3.05, 3.63) is 70.9 Å². The SMILES string of the molecule is CCNc1nc(C)cc(Nc2ccc(NS(=O)(=O)Cc3ccc(Cl)cc3)cc2)n1. The van der Waals surface area contributed by atoms with Gasteiger partial charge in [-0.3, -0.25) is 4.72 Å². The number of nitrogens with one attached hydrogen (secondary N) is 3. The number of sulfonamides is 1. The first-order chi connectivity index (χ1) is 13.8. The van der Waals surface area contributed by atoms with Crippen molar-refractivity contribution in [2.24, 2.45) is 0 Å². The maximum Gasteiger partial charge on any atom is 0.236 e. The summed E-state index contributed by atoms with van der Waals surface area (Å²) in [6.07, 6.45) is 0. The number of anilines is 4. The normalized spacial score (nSPS) is 11.1. The molecule has 0 bridgehead atoms. The molecule has 29 heavy (non-hydrogen) atoms. The van der Waals surface area contributed by atoms with Crippen LogP contribution in [-0.4, -0.2) is 24.9 Å². The monoisotopic (exact) mass is 431 g/mol. The molecule has 0 amide bonds. The van der Waals surface area contributed by atoms with E-state index in [1.54, 1.807) is 48.5 Å². The average molecular weight is 432 g/mol. The Morgan fingerprint density at radius 2 is 1.62 bits per heavy atom. The second-order valence-electron chi connectivity index (χ2n) is 6.44. The summed E-state index contributed by atoms with van der Waals surface area (Å²) in [5.74, 6) is 1.09. The molecule has 1 aromatic heterocycles. The van der Waals surface area contributed by atoms with Gasteiger partial charge in [-0.25, -0.2) is 13.4 Å². The molecule has 0 aliphatic carbocycles. The number of aromatic nitrogens is 2. The lowest BCUT2D eigenvalue weighted by atomic mass is 10.2. The van der Waals surface area contributed by atoms with Gasteiger partial charge in [-0.05, 0) is 55.8 Å². The van der Waals surface area contributed by atoms with Crippen LogP contribution in [0.1, 0.15) is 18.2 Å². The van der Waals surface area contributed by atoms with E-state index in [-0.39, 0.29) is 5.75 Å². The van der Waals surface area contributed by atoms with Gasteiger partial charge in [-0.2, -0.15) is 4.98 Å². The second-order valence-corrected chi connectivity index (χ2v) is 8.60. The van der Waals surface area contributed by atoms with Gasteiger partial charge in [-0.15, -0.1) is 0 Å². The molecule has 2 aromatic carbocycles. The van der Waals surface area contributed by atoms with Crippen molar-refractivity contribution in [2.75, 3.05) is 21.9 Å². The Bertz CT molecular complexity index is 1070. The van der Waals surface area contributed by atoms with Gasteiger partial charge in [0.25, 0.3) is 0 Å². The zero-order chi connectivity index (χ0) is 20.9. The van der Waals surface area contributed by atoms with E-state index in [4.69, 9.17) is 11.6 Å². The number of nitrogens with zero attached hydrogens (tertiary/aromatic N) is 2. The zero-order valence-corrected chi connectivity index (χ0v) is 17.7. The first-order valence-electron chi connectivity index (χ1n) is 9.04. The quantitative estimate of drug-likeness (QED) is 0.484. The molecule has 0 aliphatic heterocycles. The lowest BCUT2D eigenvalue weighted by Gasteiger charge is -2.11. The van der Waals surface area contributed by atoms with Crippen molar-refractivity contribution >= 4 is 44.8 Å². The summed E-state index contributed by atoms with van der Waals surface area (Å²) >= 11 is 5.84. The van der Waals surface area contributed by atoms with Crippen LogP contribution in [-0.2, 0) is 15.8 Å². The molecule has 0 aliphatic rings. The number of rotatable bonds is 8. The molecule has 0 unspecified atom stereocenters. The molecule has 3 N–H and O–H groups in total. The minimum absolute atomic E-state index is 0.127. The fourth-order valence-corrected chi connectivity index (χ4v) is 3.98. The van der Waals surface area contributed by atoms with Gasteiger partial charge < -0.3 is 10.6 Å². The molecule has 0 fully saturated rings. The predicted molar refractivity (Wildman–Crippen MR) is 118 cm³/mol. The van der Waals surface area contributed by atoms with Crippen molar-refractivity contribution in [3.8, 4) is 0 Å². The summed E-state index contributed by atoms with van der Waals surface area (Å²) in [7, 11) is -3.53. The molecule has 0 spiro atoms. The van der Waals surface area contributed by atoms with Crippen molar-refractivity contribution in [3.63, 3.8) is 0 Å². The Kier molecular flexibility index (Phi) is 6.56. The molecular formula is C20H22ClN5O2S. The minimum Gasteiger partial charge on any atom is -0.354 e. The van der Waals surface area contributed by atoms with Gasteiger partial charge >= 0.3 is 0 Å². The maximum absolute atomic E-state index is 12.4. The molecule has 7 nitrogen and oxygen atoms in total. The Morgan fingerprint density at radius 3 is 2.28 bits per heavy atom. The Balaban J connectivity index is 1.66. The van der Waals surface area contributed by atoms with Crippen molar-refractivity contribution in [1.29, 1.82) is 0 Å². The highest BCUT2D eigenvalue weighted by molar-refractivity contribution is 7.91. The Labute approximate surface area is 175 Å². The molecule has 9 heteroatoms. The molecule has 0 saturated carbocycles. The van der Waals surface area contributed by atoms with Gasteiger partial charge in [0, 0.05) is 34.7 Å². The standard InChI is InChI=1S/C20H22ClN5O2S/c1-3-22-20-23-14(2)12-19(25-20)24-17-8-10-18(11-9-17)26-29(27,28)13-15-4-6-16(21)7-5-15/h4-12,26H,3,13H2,1-2H3,(H2,22,23,24,25). The number of hydrogen-bond acceptors (Lipinski definition) is 6. The highest BCUT2D eigenvalue weighted by Gasteiger charge is 2.12. The zero-order valence-electron chi connectivity index (χ0n) is 16.1. The van der Waals surface area contributed by atoms with Crippen LogP contribution in [0.15, 0.2) is 54.6 Å². The summed E-state index contributed by atoms with van der Waals surface area (Å²) < 4.78 is 27.3. The topological polar surface area (TPSA) is 96.0 Å². The van der Waals surface area contributed by atoms with Crippen LogP contribution in [0.3, 0.4) is 0 Å². The van der Waals surface area contributed by atoms with E-state index in [1.807, 2.05) is 19.9 Å². The molecule has 0 radical (unpaired) electrons. The predicted octanol–water partition coefficient (Wildman–Crippen LogP) is 4.56. The molecule has 3 aromatic rings. The van der Waals surface area contributed by atoms with E-state index in [0.29, 0.717) is 28.0 Å². The first-order valence-corrected chi connectivity index (χ1v) is 11.1. The third-order valence-electron chi connectivity index (χ3n) is 3.89. The lowest BCUT2D eigenvalue weighted by molar-refractivity contribution is 0.600. The van der Waals surface area contributed by atoms with Crippen LogP contribution < -0.4 is 15.4 Å². The smallest absolute Gasteiger partial charge is 0.236 e. The van der Waals surface area contributed by atoms with E-state index < -0.39 is 10.0 Å². The van der Waals surface area contributed by atoms with Crippen LogP contribution >= 0.6 is 11.6 Å². The fraction of sp³-hybridized carbons (Fsp3) is 0.200. The van der Waals surface area contributed by atoms with E-state index in [9.17, 15) is 8.42 Å². The van der Waals surface area contributed by atoms with Gasteiger partial charge in [0.15, 0.2) is 0 Å². The Morgan fingerprint density at radius 1 is 0.966 bits per heavy atom. The average Bonchev–Trinajstić information content (AvgIpc) is 2.65. The third-order valence-corrected chi connectivity index (χ3v) is 5.40. The number of halogens is 1. The van der Waals surface area contributed by atoms with Gasteiger partial charge in [-0.1, -0.05) is 23.7 Å². The maximum atomic E-state index is 12.4. The summed E-state index contributed by atoms with van der Waals surface area (Å²) in [6.45, 7) is 4.60. The molecular weight excluding hydrogens is 410 g/mol. The van der Waals surface area contributed by atoms with Crippen LogP contribution in [0.4, 0.5) is 23.1 Å². The van der Waals surface area contributed by atoms with E-state index >= 15 is 0 Å². The van der Waals surface area contributed by atoms with Crippen molar-refractivity contribution in [1.82, 2.24) is 9.97 Å². The second kappa shape index (κ2) is 9.11. The molecule has 0 saturated heterocycles. The van der Waals surface area contributed by atoms with E-state index in [2.05, 4.69) is 25.3 Å². The number of aryl methyl sites for hydroxylation is 1. The van der Waals surface area contributed by atoms with Gasteiger partial charge in [0.05, 0.1) is 5.75 Å². The van der Waals surface area contributed by atoms with Gasteiger partial charge in [0.2, 0.25) is 16.0 Å². The molecule has 1 heterocycles. The highest BCUT2D eigenvalue weighted by Crippen LogP contribution is 2.21.